The van der Waals surface area contributed by atoms with E-state index in [9.17, 15) is 14.3 Å². The van der Waals surface area contributed by atoms with Gasteiger partial charge in [-0.05, 0) is 62.1 Å². The molecule has 0 aliphatic carbocycles. The summed E-state index contributed by atoms with van der Waals surface area (Å²) in [5.41, 5.74) is 2.90. The second-order valence-corrected chi connectivity index (χ2v) is 6.98. The van der Waals surface area contributed by atoms with Crippen LogP contribution in [0, 0.1) is 5.82 Å². The first-order valence-corrected chi connectivity index (χ1v) is 9.32. The van der Waals surface area contributed by atoms with Crippen LogP contribution in [0.3, 0.4) is 0 Å². The van der Waals surface area contributed by atoms with Gasteiger partial charge in [0.1, 0.15) is 11.5 Å². The fraction of sp³-hybridized carbons (Fsp3) is 0.333. The molecule has 1 aromatic carbocycles. The molecule has 1 fully saturated rings. The second kappa shape index (κ2) is 7.48. The third-order valence-electron chi connectivity index (χ3n) is 5.19. The Labute approximate surface area is 157 Å². The average molecular weight is 367 g/mol. The number of rotatable bonds is 4. The molecule has 1 aliphatic heterocycles. The molecule has 0 spiro atoms. The van der Waals surface area contributed by atoms with E-state index in [4.69, 9.17) is 0 Å². The van der Waals surface area contributed by atoms with Gasteiger partial charge in [0.25, 0.3) is 5.91 Å². The number of hydrogen-bond donors (Lipinski definition) is 1. The first-order chi connectivity index (χ1) is 13.2. The Morgan fingerprint density at radius 2 is 1.96 bits per heavy atom. The molecule has 1 N–H and O–H groups in total. The molecule has 6 heteroatoms. The molecule has 3 aromatic rings. The van der Waals surface area contributed by atoms with Gasteiger partial charge in [-0.25, -0.2) is 9.37 Å². The summed E-state index contributed by atoms with van der Waals surface area (Å²) in [5.74, 6) is -0.290. The van der Waals surface area contributed by atoms with Crippen LogP contribution >= 0.6 is 0 Å². The lowest BCUT2D eigenvalue weighted by atomic mass is 9.98. The first kappa shape index (κ1) is 17.7. The number of likely N-dealkylation sites (tertiary alicyclic amines) is 1. The molecule has 4 rings (SSSR count). The smallest absolute Gasteiger partial charge is 0.255 e. The second-order valence-electron chi connectivity index (χ2n) is 6.98. The van der Waals surface area contributed by atoms with Gasteiger partial charge in [0.2, 0.25) is 0 Å². The van der Waals surface area contributed by atoms with Crippen LogP contribution < -0.4 is 0 Å². The third-order valence-corrected chi connectivity index (χ3v) is 5.19. The van der Waals surface area contributed by atoms with E-state index in [1.807, 2.05) is 21.6 Å². The number of carbonyl (C=O) groups excluding carboxylic acids is 1. The number of benzene rings is 1. The maximum absolute atomic E-state index is 13.1. The van der Waals surface area contributed by atoms with Crippen molar-refractivity contribution >= 4 is 11.6 Å². The van der Waals surface area contributed by atoms with Gasteiger partial charge >= 0.3 is 0 Å². The number of aliphatic hydroxyl groups is 1. The summed E-state index contributed by atoms with van der Waals surface area (Å²) >= 11 is 0. The summed E-state index contributed by atoms with van der Waals surface area (Å²) in [7, 11) is 0. The molecule has 0 saturated carbocycles. The molecule has 0 bridgehead atoms. The number of hydrogen-bond acceptors (Lipinski definition) is 3. The Balaban J connectivity index is 1.62. The Morgan fingerprint density at radius 1 is 1.15 bits per heavy atom. The van der Waals surface area contributed by atoms with Crippen molar-refractivity contribution in [2.75, 3.05) is 13.2 Å². The highest BCUT2D eigenvalue weighted by Crippen LogP contribution is 2.23. The minimum atomic E-state index is -0.283. The lowest BCUT2D eigenvalue weighted by Gasteiger charge is -2.35. The first-order valence-electron chi connectivity index (χ1n) is 9.32. The zero-order chi connectivity index (χ0) is 18.8. The lowest BCUT2D eigenvalue weighted by molar-refractivity contribution is 0.0574. The Bertz CT molecular complexity index is 950. The molecule has 1 amide bonds. The minimum absolute atomic E-state index is 0.00733. The number of pyridine rings is 1. The third kappa shape index (κ3) is 3.57. The summed E-state index contributed by atoms with van der Waals surface area (Å²) in [6, 6.07) is 9.92. The highest BCUT2D eigenvalue weighted by Gasteiger charge is 2.27. The molecule has 5 nitrogen and oxygen atoms in total. The highest BCUT2D eigenvalue weighted by atomic mass is 19.1. The predicted molar refractivity (Wildman–Crippen MR) is 101 cm³/mol. The summed E-state index contributed by atoms with van der Waals surface area (Å²) in [6.45, 7) is 0.822. The molecule has 3 heterocycles. The number of aliphatic hydroxyl groups excluding tert-OH is 1. The topological polar surface area (TPSA) is 57.8 Å². The highest BCUT2D eigenvalue weighted by molar-refractivity contribution is 5.94. The van der Waals surface area contributed by atoms with Crippen molar-refractivity contribution in [2.24, 2.45) is 0 Å². The van der Waals surface area contributed by atoms with E-state index in [2.05, 4.69) is 4.98 Å². The van der Waals surface area contributed by atoms with Gasteiger partial charge in [0.05, 0.1) is 11.3 Å². The quantitative estimate of drug-likeness (QED) is 0.768. The SMILES string of the molecule is O=C(c1ccc2nc(-c3ccc(F)cc3)cn2c1)N1CCCC[C@@H]1CCO. The molecular formula is C21H22FN3O2. The van der Waals surface area contributed by atoms with Crippen LogP contribution in [-0.2, 0) is 0 Å². The van der Waals surface area contributed by atoms with E-state index in [1.165, 1.54) is 12.1 Å². The number of fused-ring (bicyclic) bond motifs is 1. The lowest BCUT2D eigenvalue weighted by Crippen LogP contribution is -2.44. The van der Waals surface area contributed by atoms with Crippen molar-refractivity contribution in [3.05, 3.63) is 60.2 Å². The summed E-state index contributed by atoms with van der Waals surface area (Å²) < 4.78 is 15.0. The normalized spacial score (nSPS) is 17.4. The monoisotopic (exact) mass is 367 g/mol. The van der Waals surface area contributed by atoms with Crippen molar-refractivity contribution in [1.29, 1.82) is 0 Å². The molecule has 2 aromatic heterocycles. The maximum Gasteiger partial charge on any atom is 0.255 e. The van der Waals surface area contributed by atoms with E-state index in [1.54, 1.807) is 24.4 Å². The van der Waals surface area contributed by atoms with Crippen LogP contribution in [0.1, 0.15) is 36.0 Å². The fourth-order valence-electron chi connectivity index (χ4n) is 3.76. The molecule has 0 radical (unpaired) electrons. The van der Waals surface area contributed by atoms with Crippen molar-refractivity contribution in [3.8, 4) is 11.3 Å². The predicted octanol–water partition coefficient (Wildman–Crippen LogP) is 3.52. The van der Waals surface area contributed by atoms with Gasteiger partial charge in [-0.3, -0.25) is 4.79 Å². The van der Waals surface area contributed by atoms with Gasteiger partial charge in [-0.1, -0.05) is 0 Å². The van der Waals surface area contributed by atoms with E-state index >= 15 is 0 Å². The van der Waals surface area contributed by atoms with E-state index in [-0.39, 0.29) is 24.4 Å². The molecular weight excluding hydrogens is 345 g/mol. The minimum Gasteiger partial charge on any atom is -0.396 e. The molecule has 140 valence electrons. The number of carbonyl (C=O) groups is 1. The van der Waals surface area contributed by atoms with Gasteiger partial charge < -0.3 is 14.4 Å². The number of imidazole rings is 1. The van der Waals surface area contributed by atoms with Crippen LogP contribution in [-0.4, -0.2) is 44.5 Å². The molecule has 1 saturated heterocycles. The van der Waals surface area contributed by atoms with Gasteiger partial charge in [-0.2, -0.15) is 0 Å². The van der Waals surface area contributed by atoms with Crippen LogP contribution in [0.15, 0.2) is 48.8 Å². The summed E-state index contributed by atoms with van der Waals surface area (Å²) in [5, 5.41) is 9.28. The van der Waals surface area contributed by atoms with Gasteiger partial charge in [0.15, 0.2) is 0 Å². The number of amides is 1. The molecule has 1 atom stereocenters. The Hall–Kier alpha value is -2.73. The number of piperidine rings is 1. The van der Waals surface area contributed by atoms with Crippen LogP contribution in [0.4, 0.5) is 4.39 Å². The zero-order valence-electron chi connectivity index (χ0n) is 15.0. The Kier molecular flexibility index (Phi) is 4.90. The van der Waals surface area contributed by atoms with Crippen LogP contribution in [0.5, 0.6) is 0 Å². The zero-order valence-corrected chi connectivity index (χ0v) is 15.0. The maximum atomic E-state index is 13.1. The molecule has 0 unspecified atom stereocenters. The van der Waals surface area contributed by atoms with Crippen LogP contribution in [0.25, 0.3) is 16.9 Å². The Morgan fingerprint density at radius 3 is 2.74 bits per heavy atom. The summed E-state index contributed by atoms with van der Waals surface area (Å²) in [6.07, 6.45) is 7.29. The standard InChI is InChI=1S/C21H22FN3O2/c22-17-7-4-15(5-8-17)19-14-24-13-16(6-9-20(24)23-19)21(27)25-11-2-1-3-18(25)10-12-26/h4-9,13-14,18,26H,1-3,10-12H2/t18-/m1/s1. The van der Waals surface area contributed by atoms with E-state index in [0.717, 1.165) is 42.7 Å². The van der Waals surface area contributed by atoms with Crippen molar-refractivity contribution < 1.29 is 14.3 Å². The van der Waals surface area contributed by atoms with Crippen molar-refractivity contribution in [3.63, 3.8) is 0 Å². The van der Waals surface area contributed by atoms with Gasteiger partial charge in [0, 0.05) is 37.2 Å². The molecule has 1 aliphatic rings. The van der Waals surface area contributed by atoms with Crippen molar-refractivity contribution in [1.82, 2.24) is 14.3 Å². The fourth-order valence-corrected chi connectivity index (χ4v) is 3.76. The van der Waals surface area contributed by atoms with E-state index < -0.39 is 0 Å². The largest absolute Gasteiger partial charge is 0.396 e. The number of aromatic nitrogens is 2. The van der Waals surface area contributed by atoms with Crippen LogP contribution in [0.2, 0.25) is 0 Å². The molecule has 27 heavy (non-hydrogen) atoms. The number of nitrogens with zero attached hydrogens (tertiary/aromatic N) is 3. The van der Waals surface area contributed by atoms with Gasteiger partial charge in [-0.15, -0.1) is 0 Å². The van der Waals surface area contributed by atoms with E-state index in [0.29, 0.717) is 12.0 Å². The summed E-state index contributed by atoms with van der Waals surface area (Å²) in [4.78, 5) is 19.5. The van der Waals surface area contributed by atoms with Crippen molar-refractivity contribution in [2.45, 2.75) is 31.7 Å². The number of halogens is 1. The average Bonchev–Trinajstić information content (AvgIpc) is 3.12.